The molecule has 1 aliphatic carbocycles. The molecule has 0 radical (unpaired) electrons. The van der Waals surface area contributed by atoms with Crippen molar-refractivity contribution in [2.75, 3.05) is 6.61 Å². The average molecular weight is 750 g/mol. The third-order valence-electron chi connectivity index (χ3n) is 8.96. The first-order valence-electron chi connectivity index (χ1n) is 19.0. The van der Waals surface area contributed by atoms with Gasteiger partial charge in [-0.05, 0) is 38.5 Å². The largest absolute Gasteiger partial charge is 0.472 e. The van der Waals surface area contributed by atoms with Gasteiger partial charge in [0.25, 0.3) is 0 Å². The van der Waals surface area contributed by atoms with Crippen LogP contribution in [0.5, 0.6) is 0 Å². The Balaban J connectivity index is 2.73. The lowest BCUT2D eigenvalue weighted by Gasteiger charge is -2.41. The Hall–Kier alpha value is -1.48. The molecule has 0 bridgehead atoms. The highest BCUT2D eigenvalue weighted by Gasteiger charge is 2.51. The first-order valence-corrected chi connectivity index (χ1v) is 20.5. The van der Waals surface area contributed by atoms with E-state index >= 15 is 0 Å². The number of aliphatic hydroxyl groups excluding tert-OH is 7. The molecule has 0 saturated heterocycles. The molecule has 1 saturated carbocycles. The lowest BCUT2D eigenvalue weighted by molar-refractivity contribution is -0.220. The maximum atomic E-state index is 12.9. The molecule has 0 aromatic carbocycles. The van der Waals surface area contributed by atoms with Gasteiger partial charge in [-0.25, -0.2) is 4.57 Å². The second kappa shape index (κ2) is 28.0. The van der Waals surface area contributed by atoms with Crippen LogP contribution >= 0.6 is 7.82 Å². The summed E-state index contributed by atoms with van der Waals surface area (Å²) < 4.78 is 22.7. The molecule has 1 amide bonds. The maximum Gasteiger partial charge on any atom is 0.472 e. The number of phosphoric ester groups is 1. The number of rotatable bonds is 29. The van der Waals surface area contributed by atoms with Gasteiger partial charge in [0.15, 0.2) is 0 Å². The summed E-state index contributed by atoms with van der Waals surface area (Å²) in [7, 11) is -5.14. The molecule has 8 atom stereocenters. The quantitative estimate of drug-likeness (QED) is 0.0297. The van der Waals surface area contributed by atoms with Crippen molar-refractivity contribution in [3.63, 3.8) is 0 Å². The molecule has 1 aliphatic rings. The lowest BCUT2D eigenvalue weighted by Crippen LogP contribution is -2.64. The first kappa shape index (κ1) is 47.5. The molecule has 0 aromatic rings. The standard InChI is InChI=1S/C37H68NO12P/c1-3-5-7-9-11-13-14-15-17-19-21-23-25-30(40)29(38-31(41)26-28(39)24-22-20-18-16-12-10-8-6-4-2)27-49-51(47,48)50-37-35(45)33(43)32(42)34(44)36(37)46/h9,11,15,17,23,25,28-30,32-37,39-40,42-46H,3-8,10,12-14,16,18-22,24,26-27H2,1-2H3,(H,38,41)(H,47,48)/b11-9+,17-15+,25-23+. The molecule has 51 heavy (non-hydrogen) atoms. The Kier molecular flexibility index (Phi) is 26.1. The van der Waals surface area contributed by atoms with E-state index in [9.17, 15) is 50.0 Å². The lowest BCUT2D eigenvalue weighted by atomic mass is 9.85. The summed E-state index contributed by atoms with van der Waals surface area (Å²) in [6.45, 7) is 3.59. The van der Waals surface area contributed by atoms with E-state index in [-0.39, 0.29) is 6.42 Å². The van der Waals surface area contributed by atoms with E-state index in [1.807, 2.05) is 6.08 Å². The number of phosphoric acid groups is 1. The first-order chi connectivity index (χ1) is 24.3. The zero-order valence-electron chi connectivity index (χ0n) is 30.8. The van der Waals surface area contributed by atoms with Gasteiger partial charge in [-0.2, -0.15) is 0 Å². The summed E-state index contributed by atoms with van der Waals surface area (Å²) >= 11 is 0. The molecular weight excluding hydrogens is 681 g/mol. The zero-order valence-corrected chi connectivity index (χ0v) is 31.6. The molecule has 0 aromatic heterocycles. The van der Waals surface area contributed by atoms with Gasteiger partial charge in [-0.3, -0.25) is 13.8 Å². The van der Waals surface area contributed by atoms with E-state index in [0.717, 1.165) is 44.9 Å². The number of unbranched alkanes of at least 4 members (excludes halogenated alkanes) is 12. The van der Waals surface area contributed by atoms with Crippen molar-refractivity contribution >= 4 is 13.7 Å². The fourth-order valence-corrected chi connectivity index (χ4v) is 6.69. The molecule has 298 valence electrons. The second-order valence-electron chi connectivity index (χ2n) is 13.6. The summed E-state index contributed by atoms with van der Waals surface area (Å²) in [6.07, 6.45) is 14.2. The van der Waals surface area contributed by atoms with Crippen LogP contribution in [0.25, 0.3) is 0 Å². The van der Waals surface area contributed by atoms with Crippen LogP contribution in [-0.4, -0.2) is 108 Å². The predicted molar refractivity (Wildman–Crippen MR) is 197 cm³/mol. The van der Waals surface area contributed by atoms with E-state index in [2.05, 4.69) is 37.4 Å². The van der Waals surface area contributed by atoms with Crippen molar-refractivity contribution in [3.8, 4) is 0 Å². The fourth-order valence-electron chi connectivity index (χ4n) is 5.73. The van der Waals surface area contributed by atoms with Gasteiger partial charge in [0.1, 0.15) is 36.6 Å². The monoisotopic (exact) mass is 749 g/mol. The van der Waals surface area contributed by atoms with Crippen LogP contribution in [0.2, 0.25) is 0 Å². The maximum absolute atomic E-state index is 12.9. The van der Waals surface area contributed by atoms with Crippen LogP contribution in [0.4, 0.5) is 0 Å². The van der Waals surface area contributed by atoms with Crippen LogP contribution in [0.15, 0.2) is 36.5 Å². The number of allylic oxidation sites excluding steroid dienone is 5. The minimum absolute atomic E-state index is 0.256. The molecule has 14 heteroatoms. The zero-order chi connectivity index (χ0) is 38.1. The summed E-state index contributed by atoms with van der Waals surface area (Å²) in [5.41, 5.74) is 0. The van der Waals surface area contributed by atoms with Crippen molar-refractivity contribution in [2.24, 2.45) is 0 Å². The summed E-state index contributed by atoms with van der Waals surface area (Å²) in [4.78, 5) is 23.2. The average Bonchev–Trinajstić information content (AvgIpc) is 3.09. The Morgan fingerprint density at radius 1 is 0.686 bits per heavy atom. The van der Waals surface area contributed by atoms with Gasteiger partial charge in [0, 0.05) is 0 Å². The normalized spacial score (nSPS) is 25.8. The van der Waals surface area contributed by atoms with Gasteiger partial charge < -0.3 is 46.0 Å². The molecule has 1 fully saturated rings. The van der Waals surface area contributed by atoms with Crippen LogP contribution in [0.1, 0.15) is 129 Å². The third-order valence-corrected chi connectivity index (χ3v) is 9.94. The molecule has 1 rings (SSSR count). The molecule has 9 N–H and O–H groups in total. The molecular formula is C37H68NO12P. The van der Waals surface area contributed by atoms with E-state index in [1.54, 1.807) is 6.08 Å². The fraction of sp³-hybridized carbons (Fsp3) is 0.811. The summed E-state index contributed by atoms with van der Waals surface area (Å²) in [6, 6.07) is -1.26. The van der Waals surface area contributed by atoms with Crippen LogP contribution in [0.3, 0.4) is 0 Å². The number of hydrogen-bond donors (Lipinski definition) is 9. The van der Waals surface area contributed by atoms with Crippen molar-refractivity contribution in [2.45, 2.75) is 184 Å². The van der Waals surface area contributed by atoms with Crippen LogP contribution in [0, 0.1) is 0 Å². The van der Waals surface area contributed by atoms with Gasteiger partial charge >= 0.3 is 7.82 Å². The second-order valence-corrected chi connectivity index (χ2v) is 15.0. The SMILES string of the molecule is CCCC/C=C/CC/C=C/CC/C=C/C(O)C(COP(=O)(O)OC1C(O)C(O)C(O)C(O)C1O)NC(=O)CC(O)CCCCCCCCCCC. The van der Waals surface area contributed by atoms with Crippen molar-refractivity contribution in [1.29, 1.82) is 0 Å². The number of carbonyl (C=O) groups excluding carboxylic acids is 1. The topological polar surface area (TPSA) is 226 Å². The van der Waals surface area contributed by atoms with Crippen molar-refractivity contribution in [1.82, 2.24) is 5.32 Å². The molecule has 0 heterocycles. The predicted octanol–water partition coefficient (Wildman–Crippen LogP) is 4.24. The third kappa shape index (κ3) is 21.1. The summed E-state index contributed by atoms with van der Waals surface area (Å²) in [5.74, 6) is -0.613. The molecule has 8 unspecified atom stereocenters. The van der Waals surface area contributed by atoms with Crippen LogP contribution < -0.4 is 5.32 Å². The smallest absolute Gasteiger partial charge is 0.393 e. The Labute approximate surface area is 305 Å². The van der Waals surface area contributed by atoms with Crippen molar-refractivity contribution in [3.05, 3.63) is 36.5 Å². The van der Waals surface area contributed by atoms with Crippen molar-refractivity contribution < 1.29 is 59.0 Å². The Bertz CT molecular complexity index is 1030. The van der Waals surface area contributed by atoms with E-state index < -0.39 is 75.2 Å². The highest BCUT2D eigenvalue weighted by atomic mass is 31.2. The number of carbonyl (C=O) groups is 1. The number of nitrogens with one attached hydrogen (secondary N) is 1. The Morgan fingerprint density at radius 3 is 1.71 bits per heavy atom. The minimum Gasteiger partial charge on any atom is -0.393 e. The molecule has 13 nitrogen and oxygen atoms in total. The number of amides is 1. The Morgan fingerprint density at radius 2 is 1.16 bits per heavy atom. The molecule has 0 spiro atoms. The highest BCUT2D eigenvalue weighted by molar-refractivity contribution is 7.47. The van der Waals surface area contributed by atoms with Gasteiger partial charge in [-0.1, -0.05) is 121 Å². The highest BCUT2D eigenvalue weighted by Crippen LogP contribution is 2.47. The molecule has 0 aliphatic heterocycles. The van der Waals surface area contributed by atoms with Crippen LogP contribution in [-0.2, 0) is 18.4 Å². The van der Waals surface area contributed by atoms with E-state index in [1.165, 1.54) is 51.0 Å². The number of aliphatic hydroxyl groups is 7. The van der Waals surface area contributed by atoms with Gasteiger partial charge in [0.05, 0.1) is 31.3 Å². The summed E-state index contributed by atoms with van der Waals surface area (Å²) in [5, 5.41) is 73.9. The van der Waals surface area contributed by atoms with Gasteiger partial charge in [0.2, 0.25) is 5.91 Å². The van der Waals surface area contributed by atoms with E-state index in [0.29, 0.717) is 19.3 Å². The van der Waals surface area contributed by atoms with E-state index in [4.69, 9.17) is 9.05 Å². The number of hydrogen-bond acceptors (Lipinski definition) is 11. The van der Waals surface area contributed by atoms with Gasteiger partial charge in [-0.15, -0.1) is 0 Å². The minimum atomic E-state index is -5.14.